The van der Waals surface area contributed by atoms with Crippen molar-refractivity contribution in [2.24, 2.45) is 0 Å². The van der Waals surface area contributed by atoms with Gasteiger partial charge in [0.25, 0.3) is 0 Å². The molecule has 184 valence electrons. The van der Waals surface area contributed by atoms with E-state index < -0.39 is 28.5 Å². The van der Waals surface area contributed by atoms with Crippen LogP contribution in [0.2, 0.25) is 10.0 Å². The predicted molar refractivity (Wildman–Crippen MR) is 136 cm³/mol. The van der Waals surface area contributed by atoms with Gasteiger partial charge >= 0.3 is 0 Å². The fourth-order valence-electron chi connectivity index (χ4n) is 4.05. The second-order valence-electron chi connectivity index (χ2n) is 8.57. The largest absolute Gasteiger partial charge is 0.352 e. The van der Waals surface area contributed by atoms with Crippen LogP contribution < -0.4 is 9.62 Å². The fraction of sp³-hybridized carbons (Fsp3) is 0.417. The zero-order chi connectivity index (χ0) is 24.9. The van der Waals surface area contributed by atoms with Crippen LogP contribution in [-0.2, 0) is 26.2 Å². The maximum absolute atomic E-state index is 13.5. The summed E-state index contributed by atoms with van der Waals surface area (Å²) in [5, 5.41) is 3.88. The van der Waals surface area contributed by atoms with E-state index in [4.69, 9.17) is 23.2 Å². The first kappa shape index (κ1) is 26.3. The molecule has 0 saturated heterocycles. The summed E-state index contributed by atoms with van der Waals surface area (Å²) in [5.41, 5.74) is 1.00. The third-order valence-electron chi connectivity index (χ3n) is 5.89. The molecule has 0 aliphatic heterocycles. The number of nitrogens with zero attached hydrogens (tertiary/aromatic N) is 2. The molecule has 0 spiro atoms. The third kappa shape index (κ3) is 7.10. The van der Waals surface area contributed by atoms with E-state index >= 15 is 0 Å². The summed E-state index contributed by atoms with van der Waals surface area (Å²) >= 11 is 12.2. The molecule has 2 aromatic rings. The first-order valence-corrected chi connectivity index (χ1v) is 13.7. The number of benzene rings is 2. The molecular formula is C24H29Cl2N3O4S. The van der Waals surface area contributed by atoms with Gasteiger partial charge in [-0.15, -0.1) is 0 Å². The second-order valence-corrected chi connectivity index (χ2v) is 11.3. The van der Waals surface area contributed by atoms with Gasteiger partial charge in [-0.05, 0) is 55.7 Å². The van der Waals surface area contributed by atoms with Crippen molar-refractivity contribution in [3.8, 4) is 0 Å². The van der Waals surface area contributed by atoms with Crippen LogP contribution in [0.15, 0.2) is 48.5 Å². The normalized spacial score (nSPS) is 15.1. The van der Waals surface area contributed by atoms with E-state index in [-0.39, 0.29) is 24.2 Å². The molecule has 10 heteroatoms. The van der Waals surface area contributed by atoms with Gasteiger partial charge in [-0.25, -0.2) is 8.42 Å². The lowest BCUT2D eigenvalue weighted by Gasteiger charge is -2.32. The quantitative estimate of drug-likeness (QED) is 0.530. The summed E-state index contributed by atoms with van der Waals surface area (Å²) in [7, 11) is -3.80. The number of halogens is 2. The number of anilines is 1. The summed E-state index contributed by atoms with van der Waals surface area (Å²) in [6.07, 6.45) is 4.98. The zero-order valence-electron chi connectivity index (χ0n) is 19.2. The molecule has 1 fully saturated rings. The lowest BCUT2D eigenvalue weighted by molar-refractivity contribution is -0.139. The molecule has 7 nitrogen and oxygen atoms in total. The van der Waals surface area contributed by atoms with Gasteiger partial charge in [0, 0.05) is 22.6 Å². The highest BCUT2D eigenvalue weighted by Crippen LogP contribution is 2.23. The minimum atomic E-state index is -3.80. The highest BCUT2D eigenvalue weighted by atomic mass is 35.5. The zero-order valence-corrected chi connectivity index (χ0v) is 21.5. The number of hydrogen-bond acceptors (Lipinski definition) is 4. The standard InChI is InChI=1S/C24H29Cl2N3O4S/c1-17(24(31)27-21-10-3-4-11-21)28(15-18-7-5-8-19(25)13-18)23(30)16-29(34(2,32)33)22-12-6-9-20(26)14-22/h5-9,12-14,17,21H,3-4,10-11,15-16H2,1-2H3,(H,27,31)/t17-/m1/s1. The molecule has 0 heterocycles. The summed E-state index contributed by atoms with van der Waals surface area (Å²) in [5.74, 6) is -0.782. The van der Waals surface area contributed by atoms with Crippen molar-refractivity contribution in [3.63, 3.8) is 0 Å². The summed E-state index contributed by atoms with van der Waals surface area (Å²) in [6, 6.07) is 12.6. The Labute approximate surface area is 211 Å². The van der Waals surface area contributed by atoms with Gasteiger partial charge in [-0.1, -0.05) is 54.2 Å². The lowest BCUT2D eigenvalue weighted by Crippen LogP contribution is -2.52. The SMILES string of the molecule is C[C@H](C(=O)NC1CCCC1)N(Cc1cccc(Cl)c1)C(=O)CN(c1cccc(Cl)c1)S(C)(=O)=O. The minimum Gasteiger partial charge on any atom is -0.352 e. The van der Waals surface area contributed by atoms with Gasteiger partial charge in [0.2, 0.25) is 21.8 Å². The molecule has 1 saturated carbocycles. The summed E-state index contributed by atoms with van der Waals surface area (Å²) < 4.78 is 26.1. The smallest absolute Gasteiger partial charge is 0.244 e. The van der Waals surface area contributed by atoms with Crippen molar-refractivity contribution in [2.45, 2.75) is 51.2 Å². The van der Waals surface area contributed by atoms with Crippen LogP contribution in [0.5, 0.6) is 0 Å². The number of rotatable bonds is 9. The molecule has 3 rings (SSSR count). The maximum Gasteiger partial charge on any atom is 0.244 e. The maximum atomic E-state index is 13.5. The molecule has 0 unspecified atom stereocenters. The molecule has 0 bridgehead atoms. The predicted octanol–water partition coefficient (Wildman–Crippen LogP) is 4.24. The van der Waals surface area contributed by atoms with E-state index in [1.807, 2.05) is 0 Å². The monoisotopic (exact) mass is 525 g/mol. The molecule has 1 N–H and O–H groups in total. The molecular weight excluding hydrogens is 497 g/mol. The Morgan fingerprint density at radius 2 is 1.68 bits per heavy atom. The van der Waals surface area contributed by atoms with Crippen molar-refractivity contribution in [2.75, 3.05) is 17.1 Å². The van der Waals surface area contributed by atoms with E-state index in [0.29, 0.717) is 10.0 Å². The van der Waals surface area contributed by atoms with Crippen molar-refractivity contribution < 1.29 is 18.0 Å². The Bertz CT molecular complexity index is 1140. The van der Waals surface area contributed by atoms with E-state index in [1.54, 1.807) is 49.4 Å². The van der Waals surface area contributed by atoms with Crippen LogP contribution in [0, 0.1) is 0 Å². The van der Waals surface area contributed by atoms with Gasteiger partial charge in [0.1, 0.15) is 12.6 Å². The Balaban J connectivity index is 1.88. The van der Waals surface area contributed by atoms with Crippen molar-refractivity contribution >= 4 is 50.7 Å². The molecule has 1 aliphatic carbocycles. The lowest BCUT2D eigenvalue weighted by atomic mass is 10.1. The molecule has 1 aliphatic rings. The Morgan fingerprint density at radius 1 is 1.06 bits per heavy atom. The first-order chi connectivity index (χ1) is 16.0. The van der Waals surface area contributed by atoms with Gasteiger partial charge in [0.05, 0.1) is 11.9 Å². The number of amides is 2. The van der Waals surface area contributed by atoms with Crippen LogP contribution in [0.3, 0.4) is 0 Å². The summed E-state index contributed by atoms with van der Waals surface area (Å²) in [4.78, 5) is 27.9. The van der Waals surface area contributed by atoms with E-state index in [9.17, 15) is 18.0 Å². The van der Waals surface area contributed by atoms with Gasteiger partial charge in [-0.3, -0.25) is 13.9 Å². The molecule has 0 aromatic heterocycles. The average Bonchev–Trinajstić information content (AvgIpc) is 3.27. The Hall–Kier alpha value is -2.29. The Kier molecular flexibility index (Phi) is 8.84. The van der Waals surface area contributed by atoms with E-state index in [2.05, 4.69) is 5.32 Å². The van der Waals surface area contributed by atoms with Crippen molar-refractivity contribution in [1.82, 2.24) is 10.2 Å². The third-order valence-corrected chi connectivity index (χ3v) is 7.50. The highest BCUT2D eigenvalue weighted by molar-refractivity contribution is 7.92. The van der Waals surface area contributed by atoms with E-state index in [0.717, 1.165) is 41.8 Å². The van der Waals surface area contributed by atoms with Gasteiger partial charge in [0.15, 0.2) is 0 Å². The van der Waals surface area contributed by atoms with Gasteiger partial charge in [-0.2, -0.15) is 0 Å². The van der Waals surface area contributed by atoms with Crippen LogP contribution in [-0.4, -0.2) is 50.0 Å². The highest BCUT2D eigenvalue weighted by Gasteiger charge is 2.31. The molecule has 2 amide bonds. The number of sulfonamides is 1. The number of nitrogens with one attached hydrogen (secondary N) is 1. The number of carbonyl (C=O) groups excluding carboxylic acids is 2. The second kappa shape index (κ2) is 11.4. The molecule has 0 radical (unpaired) electrons. The number of carbonyl (C=O) groups is 2. The first-order valence-electron chi connectivity index (χ1n) is 11.1. The van der Waals surface area contributed by atoms with Crippen molar-refractivity contribution in [1.29, 1.82) is 0 Å². The average molecular weight is 526 g/mol. The fourth-order valence-corrected chi connectivity index (χ4v) is 5.29. The van der Waals surface area contributed by atoms with Crippen LogP contribution in [0.4, 0.5) is 5.69 Å². The summed E-state index contributed by atoms with van der Waals surface area (Å²) in [6.45, 7) is 1.28. The Morgan fingerprint density at radius 3 is 2.26 bits per heavy atom. The van der Waals surface area contributed by atoms with Crippen LogP contribution in [0.1, 0.15) is 38.2 Å². The van der Waals surface area contributed by atoms with Gasteiger partial charge < -0.3 is 10.2 Å². The molecule has 2 aromatic carbocycles. The minimum absolute atomic E-state index is 0.0945. The molecule has 1 atom stereocenters. The number of hydrogen-bond donors (Lipinski definition) is 1. The van der Waals surface area contributed by atoms with Crippen molar-refractivity contribution in [3.05, 3.63) is 64.1 Å². The van der Waals surface area contributed by atoms with E-state index in [1.165, 1.54) is 11.0 Å². The topological polar surface area (TPSA) is 86.8 Å². The van der Waals surface area contributed by atoms with Crippen LogP contribution >= 0.6 is 23.2 Å². The molecule has 34 heavy (non-hydrogen) atoms. The van der Waals surface area contributed by atoms with Crippen LogP contribution in [0.25, 0.3) is 0 Å².